The summed E-state index contributed by atoms with van der Waals surface area (Å²) in [6.07, 6.45) is 3.23. The Morgan fingerprint density at radius 3 is 2.67 bits per heavy atom. The number of hydrogen-bond acceptors (Lipinski definition) is 3. The van der Waals surface area contributed by atoms with Crippen molar-refractivity contribution in [2.75, 3.05) is 5.32 Å². The molecule has 27 heavy (non-hydrogen) atoms. The average Bonchev–Trinajstić information content (AvgIpc) is 3.13. The van der Waals surface area contributed by atoms with Gasteiger partial charge in [-0.05, 0) is 41.9 Å². The Balaban J connectivity index is 1.75. The Morgan fingerprint density at radius 2 is 2.04 bits per heavy atom. The van der Waals surface area contributed by atoms with Gasteiger partial charge in [0.25, 0.3) is 0 Å². The number of aromatic nitrogens is 4. The van der Waals surface area contributed by atoms with Gasteiger partial charge in [-0.15, -0.1) is 0 Å². The highest BCUT2D eigenvalue weighted by molar-refractivity contribution is 9.10. The van der Waals surface area contributed by atoms with E-state index in [4.69, 9.17) is 23.2 Å². The third kappa shape index (κ3) is 4.34. The Hall–Kier alpha value is -1.90. The molecule has 3 rings (SSSR count). The molecule has 1 N–H and O–H groups in total. The highest BCUT2D eigenvalue weighted by atomic mass is 79.9. The molecule has 2 aromatic heterocycles. The number of hydrogen-bond donors (Lipinski definition) is 1. The molecule has 0 aliphatic rings. The zero-order valence-corrected chi connectivity index (χ0v) is 17.5. The molecule has 0 saturated heterocycles. The van der Waals surface area contributed by atoms with Crippen molar-refractivity contribution < 1.29 is 9.18 Å². The third-order valence-electron chi connectivity index (χ3n) is 3.97. The monoisotopic (exact) mass is 473 g/mol. The molecule has 0 spiro atoms. The first-order chi connectivity index (χ1) is 12.8. The third-order valence-corrected chi connectivity index (χ3v) is 5.28. The van der Waals surface area contributed by atoms with Crippen molar-refractivity contribution >= 4 is 50.9 Å². The predicted molar refractivity (Wildman–Crippen MR) is 106 cm³/mol. The fraction of sp³-hybridized carbons (Fsp3) is 0.235. The number of amides is 1. The molecule has 0 aliphatic carbocycles. The fourth-order valence-electron chi connectivity index (χ4n) is 2.41. The summed E-state index contributed by atoms with van der Waals surface area (Å²) in [4.78, 5) is 12.5. The topological polar surface area (TPSA) is 64.7 Å². The minimum atomic E-state index is -0.589. The Kier molecular flexibility index (Phi) is 5.88. The maximum absolute atomic E-state index is 14.0. The first-order valence-electron chi connectivity index (χ1n) is 7.94. The van der Waals surface area contributed by atoms with Gasteiger partial charge in [0.2, 0.25) is 5.91 Å². The molecule has 6 nitrogen and oxygen atoms in total. The zero-order chi connectivity index (χ0) is 19.7. The quantitative estimate of drug-likeness (QED) is 0.575. The summed E-state index contributed by atoms with van der Waals surface area (Å²) in [5.41, 5.74) is 0.964. The van der Waals surface area contributed by atoms with Crippen LogP contribution in [0.4, 0.5) is 10.2 Å². The van der Waals surface area contributed by atoms with E-state index in [1.165, 1.54) is 21.5 Å². The molecule has 1 amide bonds. The number of aryl methyl sites for hydroxylation is 1. The van der Waals surface area contributed by atoms with E-state index in [9.17, 15) is 9.18 Å². The predicted octanol–water partition coefficient (Wildman–Crippen LogP) is 4.84. The Labute approximate surface area is 173 Å². The van der Waals surface area contributed by atoms with Crippen LogP contribution in [0, 0.1) is 12.7 Å². The van der Waals surface area contributed by atoms with Gasteiger partial charge >= 0.3 is 0 Å². The van der Waals surface area contributed by atoms with Gasteiger partial charge in [-0.25, -0.2) is 4.39 Å². The van der Waals surface area contributed by atoms with E-state index in [1.807, 2.05) is 0 Å². The van der Waals surface area contributed by atoms with Crippen LogP contribution in [0.3, 0.4) is 0 Å². The molecule has 0 bridgehead atoms. The van der Waals surface area contributed by atoms with Crippen LogP contribution in [0.15, 0.2) is 35.1 Å². The highest BCUT2D eigenvalue weighted by Crippen LogP contribution is 2.25. The number of benzene rings is 1. The van der Waals surface area contributed by atoms with Gasteiger partial charge in [-0.2, -0.15) is 10.2 Å². The smallest absolute Gasteiger partial charge is 0.250 e. The number of anilines is 1. The van der Waals surface area contributed by atoms with E-state index in [-0.39, 0.29) is 12.5 Å². The second-order valence-electron chi connectivity index (χ2n) is 5.93. The minimum absolute atomic E-state index is 0.128. The Bertz CT molecular complexity index is 964. The normalized spacial score (nSPS) is 12.2. The summed E-state index contributed by atoms with van der Waals surface area (Å²) in [6, 6.07) is 3.90. The van der Waals surface area contributed by atoms with Crippen LogP contribution in [-0.2, 0) is 11.3 Å². The molecule has 142 valence electrons. The standard InChI is InChI=1S/C17H15BrCl2FN5O/c1-9-14(20)8-26(23-9)10(2)17(27)22-16-12(18)7-25(24-16)6-11-13(19)4-3-5-15(11)21/h3-5,7-8,10H,6H2,1-2H3,(H,22,24,27). The van der Waals surface area contributed by atoms with E-state index in [2.05, 4.69) is 31.4 Å². The van der Waals surface area contributed by atoms with E-state index in [1.54, 1.807) is 32.3 Å². The molecule has 0 saturated carbocycles. The molecule has 0 aliphatic heterocycles. The molecule has 1 aromatic carbocycles. The molecule has 3 aromatic rings. The van der Waals surface area contributed by atoms with E-state index < -0.39 is 11.9 Å². The summed E-state index contributed by atoms with van der Waals surface area (Å²) in [5.74, 6) is -0.419. The second kappa shape index (κ2) is 8.00. The van der Waals surface area contributed by atoms with Gasteiger partial charge in [0.1, 0.15) is 11.9 Å². The molecule has 2 heterocycles. The van der Waals surface area contributed by atoms with Crippen molar-refractivity contribution in [2.45, 2.75) is 26.4 Å². The van der Waals surface area contributed by atoms with Crippen LogP contribution in [0.2, 0.25) is 10.0 Å². The molecule has 10 heteroatoms. The molecule has 0 fully saturated rings. The lowest BCUT2D eigenvalue weighted by atomic mass is 10.2. The SMILES string of the molecule is Cc1nn(C(C)C(=O)Nc2nn(Cc3c(F)cccc3Cl)cc2Br)cc1Cl. The first-order valence-corrected chi connectivity index (χ1v) is 9.49. The number of nitrogens with zero attached hydrogens (tertiary/aromatic N) is 4. The van der Waals surface area contributed by atoms with Crippen LogP contribution < -0.4 is 5.32 Å². The van der Waals surface area contributed by atoms with Crippen molar-refractivity contribution in [1.29, 1.82) is 0 Å². The number of nitrogens with one attached hydrogen (secondary N) is 1. The summed E-state index contributed by atoms with van der Waals surface area (Å²) in [6.45, 7) is 3.58. The number of carbonyl (C=O) groups excluding carboxylic acids is 1. The largest absolute Gasteiger partial charge is 0.306 e. The second-order valence-corrected chi connectivity index (χ2v) is 7.60. The average molecular weight is 475 g/mol. The lowest BCUT2D eigenvalue weighted by molar-refractivity contribution is -0.119. The summed E-state index contributed by atoms with van der Waals surface area (Å²) in [5, 5.41) is 12.0. The fourth-order valence-corrected chi connectivity index (χ4v) is 3.18. The summed E-state index contributed by atoms with van der Waals surface area (Å²) < 4.78 is 17.5. The van der Waals surface area contributed by atoms with Gasteiger partial charge in [-0.1, -0.05) is 29.3 Å². The van der Waals surface area contributed by atoms with E-state index >= 15 is 0 Å². The van der Waals surface area contributed by atoms with Gasteiger partial charge in [-0.3, -0.25) is 14.2 Å². The van der Waals surface area contributed by atoms with Crippen molar-refractivity contribution in [2.24, 2.45) is 0 Å². The number of rotatable bonds is 5. The lowest BCUT2D eigenvalue weighted by Gasteiger charge is -2.11. The number of halogens is 4. The molecular formula is C17H15BrCl2FN5O. The zero-order valence-electron chi connectivity index (χ0n) is 14.4. The van der Waals surface area contributed by atoms with Crippen LogP contribution in [-0.4, -0.2) is 25.5 Å². The van der Waals surface area contributed by atoms with Crippen molar-refractivity contribution in [3.63, 3.8) is 0 Å². The van der Waals surface area contributed by atoms with Crippen molar-refractivity contribution in [3.8, 4) is 0 Å². The first kappa shape index (κ1) is 19.9. The van der Waals surface area contributed by atoms with Gasteiger partial charge < -0.3 is 5.32 Å². The maximum atomic E-state index is 14.0. The van der Waals surface area contributed by atoms with Crippen molar-refractivity contribution in [1.82, 2.24) is 19.6 Å². The maximum Gasteiger partial charge on any atom is 0.250 e. The van der Waals surface area contributed by atoms with Gasteiger partial charge in [0, 0.05) is 23.0 Å². The lowest BCUT2D eigenvalue weighted by Crippen LogP contribution is -2.24. The van der Waals surface area contributed by atoms with Gasteiger partial charge in [0.15, 0.2) is 5.82 Å². The van der Waals surface area contributed by atoms with Crippen LogP contribution >= 0.6 is 39.1 Å². The summed E-state index contributed by atoms with van der Waals surface area (Å²) in [7, 11) is 0. The molecule has 1 atom stereocenters. The van der Waals surface area contributed by atoms with E-state index in [0.29, 0.717) is 31.6 Å². The molecule has 0 radical (unpaired) electrons. The molecule has 1 unspecified atom stereocenters. The number of carbonyl (C=O) groups is 1. The van der Waals surface area contributed by atoms with Crippen LogP contribution in [0.25, 0.3) is 0 Å². The van der Waals surface area contributed by atoms with E-state index in [0.717, 1.165) is 0 Å². The highest BCUT2D eigenvalue weighted by Gasteiger charge is 2.20. The summed E-state index contributed by atoms with van der Waals surface area (Å²) >= 11 is 15.4. The van der Waals surface area contributed by atoms with Crippen LogP contribution in [0.1, 0.15) is 24.2 Å². The minimum Gasteiger partial charge on any atom is -0.306 e. The van der Waals surface area contributed by atoms with Gasteiger partial charge in [0.05, 0.1) is 21.7 Å². The van der Waals surface area contributed by atoms with Crippen molar-refractivity contribution in [3.05, 3.63) is 62.2 Å². The molecular weight excluding hydrogens is 460 g/mol. The Morgan fingerprint density at radius 1 is 1.30 bits per heavy atom. The van der Waals surface area contributed by atoms with Crippen LogP contribution in [0.5, 0.6) is 0 Å².